The second kappa shape index (κ2) is 9.52. The van der Waals surface area contributed by atoms with Gasteiger partial charge >= 0.3 is 5.69 Å². The van der Waals surface area contributed by atoms with Crippen molar-refractivity contribution in [2.24, 2.45) is 0 Å². The first kappa shape index (κ1) is 16.7. The molecule has 1 aromatic carbocycles. The van der Waals surface area contributed by atoms with Crippen LogP contribution in [-0.4, -0.2) is 38.4 Å². The van der Waals surface area contributed by atoms with Gasteiger partial charge in [-0.1, -0.05) is 17.7 Å². The van der Waals surface area contributed by atoms with E-state index >= 15 is 0 Å². The molecular weight excluding hydrogens is 284 g/mol. The highest BCUT2D eigenvalue weighted by Gasteiger charge is 2.17. The number of para-hydroxylation sites is 1. The molecule has 1 aromatic rings. The van der Waals surface area contributed by atoms with Crippen LogP contribution in [0.1, 0.15) is 12.8 Å². The standard InChI is InChI=1S/C13H19ClN2O4/c1-19-9-10-20-8-3-2-7-15-12-6-4-5-11(14)13(12)16(17)18/h4-6,15H,2-3,7-10H2,1H3. The van der Waals surface area contributed by atoms with Crippen LogP contribution in [0.15, 0.2) is 18.2 Å². The topological polar surface area (TPSA) is 73.6 Å². The zero-order valence-electron chi connectivity index (χ0n) is 11.4. The van der Waals surface area contributed by atoms with Crippen LogP contribution in [0.4, 0.5) is 11.4 Å². The normalized spacial score (nSPS) is 10.5. The largest absolute Gasteiger partial charge is 0.382 e. The summed E-state index contributed by atoms with van der Waals surface area (Å²) in [7, 11) is 1.63. The SMILES string of the molecule is COCCOCCCCNc1cccc(Cl)c1[N+](=O)[O-]. The zero-order chi connectivity index (χ0) is 14.8. The molecule has 0 saturated heterocycles. The fourth-order valence-electron chi connectivity index (χ4n) is 1.64. The Morgan fingerprint density at radius 1 is 1.30 bits per heavy atom. The molecule has 1 rings (SSSR count). The van der Waals surface area contributed by atoms with Crippen LogP contribution in [-0.2, 0) is 9.47 Å². The molecular formula is C13H19ClN2O4. The van der Waals surface area contributed by atoms with Gasteiger partial charge in [0.1, 0.15) is 10.7 Å². The van der Waals surface area contributed by atoms with Gasteiger partial charge in [0.05, 0.1) is 18.1 Å². The fourth-order valence-corrected chi connectivity index (χ4v) is 1.88. The number of anilines is 1. The number of benzene rings is 1. The van der Waals surface area contributed by atoms with Crippen LogP contribution in [0, 0.1) is 10.1 Å². The highest BCUT2D eigenvalue weighted by molar-refractivity contribution is 6.33. The molecule has 0 saturated carbocycles. The predicted molar refractivity (Wildman–Crippen MR) is 78.5 cm³/mol. The number of nitro groups is 1. The number of methoxy groups -OCH3 is 1. The van der Waals surface area contributed by atoms with Crippen LogP contribution in [0.5, 0.6) is 0 Å². The molecule has 0 aliphatic carbocycles. The first-order valence-corrected chi connectivity index (χ1v) is 6.78. The minimum absolute atomic E-state index is 0.0782. The number of nitro benzene ring substituents is 1. The molecule has 0 aromatic heterocycles. The van der Waals surface area contributed by atoms with E-state index in [0.717, 1.165) is 12.8 Å². The summed E-state index contributed by atoms with van der Waals surface area (Å²) in [5.74, 6) is 0. The molecule has 0 aliphatic heterocycles. The van der Waals surface area contributed by atoms with Crippen molar-refractivity contribution in [2.75, 3.05) is 38.8 Å². The van der Waals surface area contributed by atoms with Gasteiger partial charge < -0.3 is 14.8 Å². The van der Waals surface area contributed by atoms with Gasteiger partial charge in [0.2, 0.25) is 0 Å². The second-order valence-corrected chi connectivity index (χ2v) is 4.54. The lowest BCUT2D eigenvalue weighted by atomic mass is 10.2. The summed E-state index contributed by atoms with van der Waals surface area (Å²) in [4.78, 5) is 10.5. The van der Waals surface area contributed by atoms with Crippen molar-refractivity contribution < 1.29 is 14.4 Å². The first-order chi connectivity index (χ1) is 9.66. The first-order valence-electron chi connectivity index (χ1n) is 6.40. The lowest BCUT2D eigenvalue weighted by Gasteiger charge is -2.08. The molecule has 0 spiro atoms. The number of nitrogens with one attached hydrogen (secondary N) is 1. The molecule has 0 atom stereocenters. The molecule has 6 nitrogen and oxygen atoms in total. The van der Waals surface area contributed by atoms with Crippen LogP contribution >= 0.6 is 11.6 Å². The molecule has 7 heteroatoms. The Labute approximate surface area is 123 Å². The Bertz CT molecular complexity index is 429. The van der Waals surface area contributed by atoms with Crippen molar-refractivity contribution in [3.05, 3.63) is 33.3 Å². The van der Waals surface area contributed by atoms with E-state index < -0.39 is 4.92 Å². The Balaban J connectivity index is 2.29. The highest BCUT2D eigenvalue weighted by Crippen LogP contribution is 2.32. The van der Waals surface area contributed by atoms with Gasteiger partial charge in [-0.2, -0.15) is 0 Å². The predicted octanol–water partition coefficient (Wildman–Crippen LogP) is 3.10. The average molecular weight is 303 g/mol. The lowest BCUT2D eigenvalue weighted by Crippen LogP contribution is -2.07. The molecule has 0 radical (unpaired) electrons. The summed E-state index contributed by atoms with van der Waals surface area (Å²) in [5, 5.41) is 14.1. The van der Waals surface area contributed by atoms with Gasteiger partial charge in [0.25, 0.3) is 0 Å². The molecule has 1 N–H and O–H groups in total. The molecule has 0 fully saturated rings. The minimum Gasteiger partial charge on any atom is -0.382 e. The lowest BCUT2D eigenvalue weighted by molar-refractivity contribution is -0.383. The monoisotopic (exact) mass is 302 g/mol. The molecule has 0 heterocycles. The number of hydrogen-bond acceptors (Lipinski definition) is 5. The maximum absolute atomic E-state index is 10.9. The Morgan fingerprint density at radius 2 is 2.10 bits per heavy atom. The molecule has 20 heavy (non-hydrogen) atoms. The van der Waals surface area contributed by atoms with Gasteiger partial charge in [0, 0.05) is 20.3 Å². The van der Waals surface area contributed by atoms with Gasteiger partial charge in [-0.3, -0.25) is 10.1 Å². The molecule has 112 valence electrons. The van der Waals surface area contributed by atoms with E-state index in [0.29, 0.717) is 32.1 Å². The van der Waals surface area contributed by atoms with Gasteiger partial charge in [0.15, 0.2) is 0 Å². The quantitative estimate of drug-likeness (QED) is 0.408. The molecule has 0 aliphatic rings. The van der Waals surface area contributed by atoms with Crippen LogP contribution in [0.25, 0.3) is 0 Å². The molecule has 0 unspecified atom stereocenters. The number of hydrogen-bond donors (Lipinski definition) is 1. The highest BCUT2D eigenvalue weighted by atomic mass is 35.5. The summed E-state index contributed by atoms with van der Waals surface area (Å²) in [6.45, 7) is 2.47. The van der Waals surface area contributed by atoms with Crippen LogP contribution < -0.4 is 5.32 Å². The number of nitrogens with zero attached hydrogens (tertiary/aromatic N) is 1. The average Bonchev–Trinajstić information content (AvgIpc) is 2.41. The van der Waals surface area contributed by atoms with E-state index in [9.17, 15) is 10.1 Å². The van der Waals surface area contributed by atoms with Crippen molar-refractivity contribution in [3.63, 3.8) is 0 Å². The van der Waals surface area contributed by atoms with E-state index in [4.69, 9.17) is 21.1 Å². The number of unbranched alkanes of at least 4 members (excludes halogenated alkanes) is 1. The van der Waals surface area contributed by atoms with Gasteiger partial charge in [-0.25, -0.2) is 0 Å². The molecule has 0 amide bonds. The minimum atomic E-state index is -0.474. The summed E-state index contributed by atoms with van der Waals surface area (Å²) in [6.07, 6.45) is 1.74. The summed E-state index contributed by atoms with van der Waals surface area (Å²) in [6, 6.07) is 4.85. The Hall–Kier alpha value is -1.37. The van der Waals surface area contributed by atoms with Gasteiger partial charge in [-0.15, -0.1) is 0 Å². The van der Waals surface area contributed by atoms with E-state index in [1.54, 1.807) is 19.2 Å². The Kier molecular flexibility index (Phi) is 7.94. The zero-order valence-corrected chi connectivity index (χ0v) is 12.2. The maximum atomic E-state index is 10.9. The van der Waals surface area contributed by atoms with Crippen molar-refractivity contribution in [3.8, 4) is 0 Å². The number of halogens is 1. The Morgan fingerprint density at radius 3 is 2.80 bits per heavy atom. The smallest absolute Gasteiger partial charge is 0.310 e. The number of ether oxygens (including phenoxy) is 2. The maximum Gasteiger partial charge on any atom is 0.310 e. The molecule has 0 bridgehead atoms. The van der Waals surface area contributed by atoms with Crippen LogP contribution in [0.2, 0.25) is 5.02 Å². The summed E-state index contributed by atoms with van der Waals surface area (Å²) >= 11 is 5.82. The van der Waals surface area contributed by atoms with Crippen molar-refractivity contribution in [1.82, 2.24) is 0 Å². The van der Waals surface area contributed by atoms with Crippen molar-refractivity contribution in [2.45, 2.75) is 12.8 Å². The van der Waals surface area contributed by atoms with Crippen molar-refractivity contribution in [1.29, 1.82) is 0 Å². The van der Waals surface area contributed by atoms with E-state index in [1.165, 1.54) is 6.07 Å². The second-order valence-electron chi connectivity index (χ2n) is 4.13. The van der Waals surface area contributed by atoms with E-state index in [2.05, 4.69) is 5.32 Å². The third kappa shape index (κ3) is 5.73. The fraction of sp³-hybridized carbons (Fsp3) is 0.538. The van der Waals surface area contributed by atoms with E-state index in [-0.39, 0.29) is 10.7 Å². The van der Waals surface area contributed by atoms with Gasteiger partial charge in [-0.05, 0) is 25.0 Å². The third-order valence-electron chi connectivity index (χ3n) is 2.63. The summed E-state index contributed by atoms with van der Waals surface area (Å²) < 4.78 is 10.2. The third-order valence-corrected chi connectivity index (χ3v) is 2.94. The van der Waals surface area contributed by atoms with Crippen molar-refractivity contribution >= 4 is 23.0 Å². The number of rotatable bonds is 10. The van der Waals surface area contributed by atoms with Crippen LogP contribution in [0.3, 0.4) is 0 Å². The summed E-state index contributed by atoms with van der Waals surface area (Å²) in [5.41, 5.74) is 0.369. The van der Waals surface area contributed by atoms with E-state index in [1.807, 2.05) is 0 Å².